The number of piperidine rings is 1. The molecule has 0 aliphatic carbocycles. The van der Waals surface area contributed by atoms with Gasteiger partial charge in [0.25, 0.3) is 0 Å². The molecule has 4 rings (SSSR count). The van der Waals surface area contributed by atoms with E-state index in [0.717, 1.165) is 46.6 Å². The normalized spacial score (nSPS) is 21.1. The van der Waals surface area contributed by atoms with E-state index in [1.807, 2.05) is 37.4 Å². The van der Waals surface area contributed by atoms with Crippen LogP contribution in [0.2, 0.25) is 5.15 Å². The molecular weight excluding hydrogens is 412 g/mol. The predicted molar refractivity (Wildman–Crippen MR) is 124 cm³/mol. The highest BCUT2D eigenvalue weighted by Gasteiger charge is 2.19. The number of ether oxygens (including phenoxy) is 2. The molecule has 6 nitrogen and oxygen atoms in total. The van der Waals surface area contributed by atoms with Crippen LogP contribution < -0.4 is 24.9 Å². The summed E-state index contributed by atoms with van der Waals surface area (Å²) < 4.78 is 11.7. The van der Waals surface area contributed by atoms with Crippen LogP contribution in [0.15, 0.2) is 35.5 Å². The summed E-state index contributed by atoms with van der Waals surface area (Å²) in [5.74, 6) is 2.39. The summed E-state index contributed by atoms with van der Waals surface area (Å²) in [5.41, 5.74) is 0.937. The van der Waals surface area contributed by atoms with Gasteiger partial charge in [-0.05, 0) is 56.8 Å². The van der Waals surface area contributed by atoms with E-state index >= 15 is 0 Å². The summed E-state index contributed by atoms with van der Waals surface area (Å²) in [5, 5.41) is 2.23. The highest BCUT2D eigenvalue weighted by atomic mass is 35.5. The molecule has 1 aromatic heterocycles. The van der Waals surface area contributed by atoms with E-state index < -0.39 is 0 Å². The molecular formula is C24H31ClN4O2. The van der Waals surface area contributed by atoms with Gasteiger partial charge in [-0.25, -0.2) is 4.98 Å². The summed E-state index contributed by atoms with van der Waals surface area (Å²) in [6, 6.07) is 7.80. The number of fused-ring (bicyclic) bond motifs is 1. The van der Waals surface area contributed by atoms with Crippen LogP contribution in [0.25, 0.3) is 6.20 Å². The van der Waals surface area contributed by atoms with Crippen LogP contribution in [0, 0.1) is 5.92 Å². The summed E-state index contributed by atoms with van der Waals surface area (Å²) in [7, 11) is 1.68. The molecule has 0 radical (unpaired) electrons. The van der Waals surface area contributed by atoms with E-state index in [2.05, 4.69) is 21.7 Å². The first-order valence-corrected chi connectivity index (χ1v) is 11.4. The lowest BCUT2D eigenvalue weighted by Gasteiger charge is -2.30. The van der Waals surface area contributed by atoms with E-state index in [1.165, 1.54) is 25.9 Å². The van der Waals surface area contributed by atoms with Crippen LogP contribution in [0.5, 0.6) is 11.5 Å². The van der Waals surface area contributed by atoms with E-state index in [0.29, 0.717) is 11.8 Å². The van der Waals surface area contributed by atoms with Crippen molar-refractivity contribution < 1.29 is 9.47 Å². The first-order valence-electron chi connectivity index (χ1n) is 11.1. The average Bonchev–Trinajstić information content (AvgIpc) is 2.76. The predicted octanol–water partition coefficient (Wildman–Crippen LogP) is 3.47. The maximum Gasteiger partial charge on any atom is 0.146 e. The fraction of sp³-hybridized carbons (Fsp3) is 0.500. The molecule has 0 bridgehead atoms. The van der Waals surface area contributed by atoms with Crippen molar-refractivity contribution in [2.75, 3.05) is 38.3 Å². The van der Waals surface area contributed by atoms with Gasteiger partial charge in [-0.1, -0.05) is 18.5 Å². The molecule has 1 aromatic carbocycles. The second-order valence-electron chi connectivity index (χ2n) is 8.45. The van der Waals surface area contributed by atoms with Crippen LogP contribution in [-0.4, -0.2) is 49.4 Å². The van der Waals surface area contributed by atoms with Gasteiger partial charge in [-0.3, -0.25) is 4.99 Å². The molecule has 0 amide bonds. The van der Waals surface area contributed by atoms with Gasteiger partial charge in [0.1, 0.15) is 22.8 Å². The Kier molecular flexibility index (Phi) is 6.98. The molecule has 7 heteroatoms. The summed E-state index contributed by atoms with van der Waals surface area (Å²) in [4.78, 5) is 13.5. The number of hydrogen-bond acceptors (Lipinski definition) is 6. The minimum absolute atomic E-state index is 0.0805. The quantitative estimate of drug-likeness (QED) is 0.485. The SMILES string of the molecule is COc1cc(OCCCN2CCC[C@H](C)C2)ccc1N1C=c2cc(Cl)ncc2=NC1C. The molecule has 0 spiro atoms. The van der Waals surface area contributed by atoms with E-state index in [9.17, 15) is 0 Å². The Morgan fingerprint density at radius 2 is 2.10 bits per heavy atom. The highest BCUT2D eigenvalue weighted by molar-refractivity contribution is 6.29. The highest BCUT2D eigenvalue weighted by Crippen LogP contribution is 2.34. The zero-order valence-corrected chi connectivity index (χ0v) is 19.3. The summed E-state index contributed by atoms with van der Waals surface area (Å²) in [6.07, 6.45) is 7.36. The Balaban J connectivity index is 1.42. The van der Waals surface area contributed by atoms with Gasteiger partial charge in [0.2, 0.25) is 0 Å². The van der Waals surface area contributed by atoms with Crippen LogP contribution in [0.1, 0.15) is 33.1 Å². The molecule has 0 saturated carbocycles. The van der Waals surface area contributed by atoms with Gasteiger partial charge in [0.15, 0.2) is 0 Å². The first-order chi connectivity index (χ1) is 15.0. The Morgan fingerprint density at radius 1 is 1.23 bits per heavy atom. The van der Waals surface area contributed by atoms with Gasteiger partial charge >= 0.3 is 0 Å². The molecule has 1 unspecified atom stereocenters. The number of nitrogens with zero attached hydrogens (tertiary/aromatic N) is 4. The van der Waals surface area contributed by atoms with Gasteiger partial charge in [-0.2, -0.15) is 0 Å². The maximum absolute atomic E-state index is 6.07. The Morgan fingerprint density at radius 3 is 2.90 bits per heavy atom. The molecule has 2 atom stereocenters. The zero-order chi connectivity index (χ0) is 21.8. The number of anilines is 1. The molecule has 166 valence electrons. The third kappa shape index (κ3) is 5.31. The lowest BCUT2D eigenvalue weighted by molar-refractivity contribution is 0.170. The molecule has 31 heavy (non-hydrogen) atoms. The number of benzene rings is 1. The summed E-state index contributed by atoms with van der Waals surface area (Å²) >= 11 is 6.07. The van der Waals surface area contributed by atoms with Crippen molar-refractivity contribution in [3.05, 3.63) is 46.2 Å². The average molecular weight is 443 g/mol. The molecule has 3 heterocycles. The van der Waals surface area contributed by atoms with Gasteiger partial charge in [-0.15, -0.1) is 0 Å². The number of likely N-dealkylation sites (tertiary alicyclic amines) is 1. The van der Waals surface area contributed by atoms with Gasteiger partial charge in [0.05, 0.1) is 31.0 Å². The molecule has 0 N–H and O–H groups in total. The van der Waals surface area contributed by atoms with Crippen LogP contribution in [0.4, 0.5) is 5.69 Å². The number of hydrogen-bond donors (Lipinski definition) is 0. The number of pyridine rings is 1. The molecule has 2 aromatic rings. The van der Waals surface area contributed by atoms with Crippen molar-refractivity contribution in [2.45, 2.75) is 39.3 Å². The maximum atomic E-state index is 6.07. The monoisotopic (exact) mass is 442 g/mol. The van der Waals surface area contributed by atoms with Gasteiger partial charge < -0.3 is 19.3 Å². The first kappa shape index (κ1) is 21.9. The Labute approximate surface area is 189 Å². The second kappa shape index (κ2) is 9.88. The standard InChI is InChI=1S/C24H31ClN4O2/c1-17-6-4-9-28(15-17)10-5-11-31-20-7-8-22(23(13-20)30-3)29-16-19-12-24(25)26-14-21(19)27-18(29)2/h7-8,12-14,16-18H,4-6,9-11,15H2,1-3H3/t17-,18?/m0/s1. The fourth-order valence-corrected chi connectivity index (χ4v) is 4.54. The lowest BCUT2D eigenvalue weighted by Crippen LogP contribution is -2.41. The smallest absolute Gasteiger partial charge is 0.146 e. The third-order valence-electron chi connectivity index (χ3n) is 5.95. The van der Waals surface area contributed by atoms with Crippen molar-refractivity contribution in [3.63, 3.8) is 0 Å². The summed E-state index contributed by atoms with van der Waals surface area (Å²) in [6.45, 7) is 8.61. The van der Waals surface area contributed by atoms with Crippen molar-refractivity contribution in [2.24, 2.45) is 10.9 Å². The van der Waals surface area contributed by atoms with Crippen molar-refractivity contribution >= 4 is 23.5 Å². The van der Waals surface area contributed by atoms with E-state index in [1.54, 1.807) is 13.3 Å². The molecule has 1 saturated heterocycles. The molecule has 2 aliphatic rings. The Hall–Kier alpha value is -2.31. The number of halogens is 1. The minimum atomic E-state index is -0.0805. The lowest BCUT2D eigenvalue weighted by atomic mass is 10.0. The minimum Gasteiger partial charge on any atom is -0.494 e. The number of aromatic nitrogens is 1. The number of methoxy groups -OCH3 is 1. The van der Waals surface area contributed by atoms with Crippen molar-refractivity contribution in [3.8, 4) is 11.5 Å². The Bertz CT molecular complexity index is 1030. The zero-order valence-electron chi connectivity index (χ0n) is 18.6. The number of rotatable bonds is 7. The van der Waals surface area contributed by atoms with Crippen LogP contribution in [0.3, 0.4) is 0 Å². The van der Waals surface area contributed by atoms with Crippen molar-refractivity contribution in [1.29, 1.82) is 0 Å². The second-order valence-corrected chi connectivity index (χ2v) is 8.83. The van der Waals surface area contributed by atoms with Gasteiger partial charge in [0, 0.05) is 30.6 Å². The van der Waals surface area contributed by atoms with Crippen LogP contribution in [-0.2, 0) is 0 Å². The van der Waals surface area contributed by atoms with E-state index in [-0.39, 0.29) is 6.17 Å². The molecule has 1 fully saturated rings. The largest absolute Gasteiger partial charge is 0.494 e. The van der Waals surface area contributed by atoms with Crippen LogP contribution >= 0.6 is 11.6 Å². The van der Waals surface area contributed by atoms with E-state index in [4.69, 9.17) is 26.1 Å². The third-order valence-corrected chi connectivity index (χ3v) is 6.15. The fourth-order valence-electron chi connectivity index (χ4n) is 4.37. The molecule has 2 aliphatic heterocycles. The van der Waals surface area contributed by atoms with Crippen molar-refractivity contribution in [1.82, 2.24) is 9.88 Å². The topological polar surface area (TPSA) is 50.2 Å².